The summed E-state index contributed by atoms with van der Waals surface area (Å²) in [5, 5.41) is 9.06. The van der Waals surface area contributed by atoms with E-state index in [1.807, 2.05) is 6.92 Å². The third-order valence-corrected chi connectivity index (χ3v) is 2.37. The molecule has 6 nitrogen and oxygen atoms in total. The van der Waals surface area contributed by atoms with E-state index < -0.39 is 0 Å². The molecule has 0 radical (unpaired) electrons. The first kappa shape index (κ1) is 37.2. The van der Waals surface area contributed by atoms with Crippen LogP contribution in [-0.4, -0.2) is 75.4 Å². The maximum absolute atomic E-state index is 8.17. The van der Waals surface area contributed by atoms with Crippen molar-refractivity contribution in [3.8, 4) is 0 Å². The van der Waals surface area contributed by atoms with Crippen LogP contribution in [0.15, 0.2) is 38.0 Å². The number of rotatable bonds is 15. The van der Waals surface area contributed by atoms with E-state index in [0.717, 1.165) is 18.4 Å². The Labute approximate surface area is 190 Å². The van der Waals surface area contributed by atoms with Crippen LogP contribution in [0, 0.1) is 0 Å². The van der Waals surface area contributed by atoms with Gasteiger partial charge in [-0.1, -0.05) is 41.1 Å². The molecule has 0 atom stereocenters. The molecule has 8 heteroatoms. The van der Waals surface area contributed by atoms with E-state index >= 15 is 0 Å². The summed E-state index contributed by atoms with van der Waals surface area (Å²) in [5.74, 6) is 0. The number of hydrogen-bond acceptors (Lipinski definition) is 6. The molecule has 0 spiro atoms. The van der Waals surface area contributed by atoms with Gasteiger partial charge in [0, 0.05) is 11.9 Å². The van der Waals surface area contributed by atoms with E-state index in [-0.39, 0.29) is 41.6 Å². The molecule has 0 aliphatic heterocycles. The van der Waals surface area contributed by atoms with Crippen LogP contribution in [0.1, 0.15) is 13.3 Å². The van der Waals surface area contributed by atoms with Gasteiger partial charge in [0.1, 0.15) is 0 Å². The fourth-order valence-corrected chi connectivity index (χ4v) is 0.982. The molecule has 2 N–H and O–H groups in total. The van der Waals surface area contributed by atoms with Crippen LogP contribution in [0.4, 0.5) is 0 Å². The second-order valence-corrected chi connectivity index (χ2v) is 4.77. The van der Waals surface area contributed by atoms with Crippen molar-refractivity contribution in [2.75, 3.05) is 64.8 Å². The van der Waals surface area contributed by atoms with Crippen LogP contribution in [0.5, 0.6) is 0 Å². The van der Waals surface area contributed by atoms with Gasteiger partial charge in [-0.15, -0.1) is 19.7 Å². The molecular formula is C18H36BrNaO6. The quantitative estimate of drug-likeness (QED) is 0.166. The van der Waals surface area contributed by atoms with Crippen LogP contribution in [0.3, 0.4) is 0 Å². The summed E-state index contributed by atoms with van der Waals surface area (Å²) in [6.07, 6.45) is 6.25. The van der Waals surface area contributed by atoms with E-state index in [1.165, 1.54) is 0 Å². The van der Waals surface area contributed by atoms with Gasteiger partial charge in [-0.2, -0.15) is 0 Å². The molecule has 0 rings (SSSR count). The monoisotopic (exact) mass is 450 g/mol. The first-order valence-electron chi connectivity index (χ1n) is 8.05. The zero-order valence-corrected chi connectivity index (χ0v) is 20.1. The van der Waals surface area contributed by atoms with Crippen molar-refractivity contribution in [3.05, 3.63) is 38.0 Å². The smallest absolute Gasteiger partial charge is 0.870 e. The van der Waals surface area contributed by atoms with Crippen molar-refractivity contribution in [2.45, 2.75) is 13.3 Å². The Morgan fingerprint density at radius 2 is 1.15 bits per heavy atom. The Morgan fingerprint density at radius 1 is 0.769 bits per heavy atom. The first-order chi connectivity index (χ1) is 11.7. The maximum atomic E-state index is 8.17. The number of ether oxygens (including phenoxy) is 4. The van der Waals surface area contributed by atoms with E-state index in [2.05, 4.69) is 35.7 Å². The average molecular weight is 451 g/mol. The molecular weight excluding hydrogens is 415 g/mol. The summed E-state index contributed by atoms with van der Waals surface area (Å²) in [7, 11) is 0. The van der Waals surface area contributed by atoms with Gasteiger partial charge in [0.15, 0.2) is 0 Å². The van der Waals surface area contributed by atoms with Crippen LogP contribution in [0.2, 0.25) is 0 Å². The van der Waals surface area contributed by atoms with Crippen molar-refractivity contribution in [1.82, 2.24) is 0 Å². The summed E-state index contributed by atoms with van der Waals surface area (Å²) in [5.41, 5.74) is 0. The van der Waals surface area contributed by atoms with E-state index in [9.17, 15) is 0 Å². The molecule has 0 aromatic heterocycles. The van der Waals surface area contributed by atoms with Gasteiger partial charge in [-0.25, -0.2) is 0 Å². The predicted molar refractivity (Wildman–Crippen MR) is 107 cm³/mol. The molecule has 152 valence electrons. The summed E-state index contributed by atoms with van der Waals surface area (Å²) in [6, 6.07) is 0. The minimum absolute atomic E-state index is 0. The van der Waals surface area contributed by atoms with Crippen molar-refractivity contribution in [2.24, 2.45) is 0 Å². The topological polar surface area (TPSA) is 87.2 Å². The van der Waals surface area contributed by atoms with Crippen LogP contribution >= 0.6 is 15.9 Å². The van der Waals surface area contributed by atoms with Gasteiger partial charge in [-0.05, 0) is 6.42 Å². The molecule has 0 unspecified atom stereocenters. The molecule has 0 saturated carbocycles. The van der Waals surface area contributed by atoms with Crippen molar-refractivity contribution in [1.29, 1.82) is 0 Å². The fraction of sp³-hybridized carbons (Fsp3) is 0.667. The number of alkyl halides is 1. The normalized spacial score (nSPS) is 8.42. The maximum Gasteiger partial charge on any atom is 1.00 e. The Morgan fingerprint density at radius 3 is 1.46 bits per heavy atom. The molecule has 0 bridgehead atoms. The molecule has 26 heavy (non-hydrogen) atoms. The molecule has 0 aromatic carbocycles. The molecule has 0 saturated heterocycles. The Hall–Kier alpha value is 0.460. The summed E-state index contributed by atoms with van der Waals surface area (Å²) >= 11 is 3.13. The Bertz CT molecular complexity index is 228. The van der Waals surface area contributed by atoms with Gasteiger partial charge in [0.25, 0.3) is 0 Å². The van der Waals surface area contributed by atoms with Gasteiger partial charge >= 0.3 is 29.6 Å². The zero-order valence-electron chi connectivity index (χ0n) is 16.5. The molecule has 0 aliphatic carbocycles. The largest absolute Gasteiger partial charge is 1.00 e. The average Bonchev–Trinajstić information content (AvgIpc) is 2.61. The minimum Gasteiger partial charge on any atom is -0.870 e. The number of aliphatic hydroxyl groups excluding tert-OH is 1. The predicted octanol–water partition coefficient (Wildman–Crippen LogP) is 0.208. The standard InChI is InChI=1S/C10H18O3.C5H12O2.C3H5Br.Na.H2O/c1-3-5-11-7-9-13-10-8-12-6-4-2;1-2-4-7-5-3-6;1-2-3-4;;/h3-4H,1-2,5-10H2;6H,2-5H2,1H3;2H,1,3H2;;1H2/q;;;+1;/p-1. The van der Waals surface area contributed by atoms with Crippen molar-refractivity contribution >= 4 is 15.9 Å². The third kappa shape index (κ3) is 56.3. The van der Waals surface area contributed by atoms with E-state index in [4.69, 9.17) is 24.1 Å². The fourth-order valence-electron chi connectivity index (χ4n) is 0.982. The molecule has 0 amide bonds. The SMILES string of the molecule is C=CCBr.C=CCOCCOCCOCC=C.CCCOCCO.[Na+].[OH-]. The van der Waals surface area contributed by atoms with E-state index in [0.29, 0.717) is 46.2 Å². The van der Waals surface area contributed by atoms with Gasteiger partial charge in [0.05, 0.1) is 52.9 Å². The number of halogens is 1. The van der Waals surface area contributed by atoms with Crippen LogP contribution in [-0.2, 0) is 18.9 Å². The molecule has 0 aromatic rings. The molecule has 0 heterocycles. The number of allylic oxidation sites excluding steroid dienone is 1. The third-order valence-electron chi connectivity index (χ3n) is 1.91. The summed E-state index contributed by atoms with van der Waals surface area (Å²) in [6.45, 7) is 17.5. The van der Waals surface area contributed by atoms with Gasteiger partial charge in [0.2, 0.25) is 0 Å². The Balaban J connectivity index is -0.0000000963. The van der Waals surface area contributed by atoms with Crippen molar-refractivity contribution < 1.29 is 59.1 Å². The first-order valence-corrected chi connectivity index (χ1v) is 9.17. The zero-order chi connectivity index (χ0) is 18.7. The molecule has 0 aliphatic rings. The number of aliphatic hydroxyl groups is 1. The van der Waals surface area contributed by atoms with E-state index in [1.54, 1.807) is 18.2 Å². The molecule has 0 fully saturated rings. The van der Waals surface area contributed by atoms with Crippen LogP contribution < -0.4 is 29.6 Å². The summed E-state index contributed by atoms with van der Waals surface area (Å²) < 4.78 is 20.3. The minimum atomic E-state index is 0. The second-order valence-electron chi connectivity index (χ2n) is 4.12. The summed E-state index contributed by atoms with van der Waals surface area (Å²) in [4.78, 5) is 0. The van der Waals surface area contributed by atoms with Crippen LogP contribution in [0.25, 0.3) is 0 Å². The second kappa shape index (κ2) is 44.7. The Kier molecular flexibility index (Phi) is 64.0. The van der Waals surface area contributed by atoms with Crippen molar-refractivity contribution in [3.63, 3.8) is 0 Å². The van der Waals surface area contributed by atoms with Gasteiger partial charge in [-0.3, -0.25) is 0 Å². The van der Waals surface area contributed by atoms with Gasteiger partial charge < -0.3 is 29.5 Å². The number of hydrogen-bond donors (Lipinski definition) is 1.